The van der Waals surface area contributed by atoms with E-state index >= 15 is 0 Å². The zero-order chi connectivity index (χ0) is 11.0. The first-order valence-electron chi connectivity index (χ1n) is 5.53. The molecule has 0 fully saturated rings. The Hall–Kier alpha value is -0.560. The van der Waals surface area contributed by atoms with Crippen LogP contribution >= 0.6 is 0 Å². The van der Waals surface area contributed by atoms with Crippen LogP contribution in [0.15, 0.2) is 24.3 Å². The molecule has 0 aromatic heterocycles. The number of allylic oxidation sites excluding steroid dienone is 3. The predicted molar refractivity (Wildman–Crippen MR) is 63.2 cm³/mol. The summed E-state index contributed by atoms with van der Waals surface area (Å²) in [5.74, 6) is 1.18. The van der Waals surface area contributed by atoms with Crippen molar-refractivity contribution in [2.45, 2.75) is 46.6 Å². The summed E-state index contributed by atoms with van der Waals surface area (Å²) in [5.41, 5.74) is 0. The van der Waals surface area contributed by atoms with Crippen LogP contribution in [0, 0.1) is 11.8 Å². The molecule has 0 aromatic rings. The number of rotatable bonds is 6. The Balaban J connectivity index is 3.69. The van der Waals surface area contributed by atoms with Crippen molar-refractivity contribution >= 4 is 0 Å². The minimum absolute atomic E-state index is 0.276. The summed E-state index contributed by atoms with van der Waals surface area (Å²) >= 11 is 0. The average molecular weight is 196 g/mol. The molecule has 0 aliphatic rings. The van der Waals surface area contributed by atoms with Crippen LogP contribution in [0.5, 0.6) is 0 Å². The van der Waals surface area contributed by atoms with E-state index in [1.165, 1.54) is 0 Å². The van der Waals surface area contributed by atoms with Gasteiger partial charge in [-0.25, -0.2) is 0 Å². The number of aliphatic hydroxyl groups is 1. The van der Waals surface area contributed by atoms with E-state index in [0.717, 1.165) is 12.8 Å². The van der Waals surface area contributed by atoms with Crippen LogP contribution in [0.3, 0.4) is 0 Å². The van der Waals surface area contributed by atoms with E-state index in [2.05, 4.69) is 32.9 Å². The van der Waals surface area contributed by atoms with Crippen molar-refractivity contribution in [1.29, 1.82) is 0 Å². The molecule has 2 atom stereocenters. The van der Waals surface area contributed by atoms with Crippen LogP contribution in [0.4, 0.5) is 0 Å². The molecule has 0 amide bonds. The second-order valence-corrected chi connectivity index (χ2v) is 4.34. The van der Waals surface area contributed by atoms with Gasteiger partial charge in [0.2, 0.25) is 0 Å². The second-order valence-electron chi connectivity index (χ2n) is 4.34. The molecule has 0 radical (unpaired) electrons. The maximum absolute atomic E-state index is 9.52. The molecule has 2 unspecified atom stereocenters. The minimum Gasteiger partial charge on any atom is -0.389 e. The molecule has 0 aromatic carbocycles. The van der Waals surface area contributed by atoms with E-state index in [9.17, 15) is 5.11 Å². The van der Waals surface area contributed by atoms with Gasteiger partial charge in [-0.05, 0) is 31.6 Å². The van der Waals surface area contributed by atoms with Gasteiger partial charge in [0, 0.05) is 0 Å². The van der Waals surface area contributed by atoms with Crippen LogP contribution in [-0.2, 0) is 0 Å². The lowest BCUT2D eigenvalue weighted by molar-refractivity contribution is 0.191. The molecular formula is C13H24O. The van der Waals surface area contributed by atoms with Crippen LogP contribution in [0.2, 0.25) is 0 Å². The third-order valence-corrected chi connectivity index (χ3v) is 2.12. The molecule has 0 spiro atoms. The van der Waals surface area contributed by atoms with Crippen LogP contribution in [0.25, 0.3) is 0 Å². The van der Waals surface area contributed by atoms with Crippen molar-refractivity contribution in [1.82, 2.24) is 0 Å². The van der Waals surface area contributed by atoms with E-state index in [1.807, 2.05) is 19.1 Å². The van der Waals surface area contributed by atoms with E-state index in [0.29, 0.717) is 11.8 Å². The molecule has 1 N–H and O–H groups in total. The second kappa shape index (κ2) is 7.81. The Morgan fingerprint density at radius 1 is 1.14 bits per heavy atom. The van der Waals surface area contributed by atoms with Gasteiger partial charge in [-0.1, -0.05) is 45.1 Å². The van der Waals surface area contributed by atoms with Crippen molar-refractivity contribution in [3.8, 4) is 0 Å². The fourth-order valence-corrected chi connectivity index (χ4v) is 1.39. The first-order chi connectivity index (χ1) is 6.56. The number of aliphatic hydroxyl groups excluding tert-OH is 1. The fourth-order valence-electron chi connectivity index (χ4n) is 1.39. The highest BCUT2D eigenvalue weighted by Crippen LogP contribution is 2.12. The van der Waals surface area contributed by atoms with Gasteiger partial charge in [-0.2, -0.15) is 0 Å². The average Bonchev–Trinajstić information content (AvgIpc) is 2.03. The molecule has 0 aliphatic heterocycles. The number of hydrogen-bond donors (Lipinski definition) is 1. The Morgan fingerprint density at radius 3 is 2.29 bits per heavy atom. The van der Waals surface area contributed by atoms with E-state index in [1.54, 1.807) is 0 Å². The highest BCUT2D eigenvalue weighted by molar-refractivity contribution is 4.89. The van der Waals surface area contributed by atoms with Gasteiger partial charge in [0.15, 0.2) is 0 Å². The molecule has 0 heterocycles. The zero-order valence-electron chi connectivity index (χ0n) is 9.90. The summed E-state index contributed by atoms with van der Waals surface area (Å²) in [6, 6.07) is 0. The molecule has 14 heavy (non-hydrogen) atoms. The Kier molecular flexibility index (Phi) is 7.50. The van der Waals surface area contributed by atoms with Crippen molar-refractivity contribution in [2.75, 3.05) is 0 Å². The van der Waals surface area contributed by atoms with Gasteiger partial charge < -0.3 is 5.11 Å². The molecular weight excluding hydrogens is 172 g/mol. The van der Waals surface area contributed by atoms with Crippen LogP contribution < -0.4 is 0 Å². The standard InChI is InChI=1S/C13H24O/c1-5-7-13(14)10-12(4)9-6-8-11(2)3/h5-8,11-14H,9-10H2,1-4H3. The molecule has 0 bridgehead atoms. The van der Waals surface area contributed by atoms with E-state index < -0.39 is 0 Å². The maximum Gasteiger partial charge on any atom is 0.0723 e. The summed E-state index contributed by atoms with van der Waals surface area (Å²) < 4.78 is 0. The molecule has 1 heteroatoms. The summed E-state index contributed by atoms with van der Waals surface area (Å²) in [4.78, 5) is 0. The lowest BCUT2D eigenvalue weighted by Gasteiger charge is -2.11. The smallest absolute Gasteiger partial charge is 0.0723 e. The van der Waals surface area contributed by atoms with Gasteiger partial charge in [-0.15, -0.1) is 0 Å². The third-order valence-electron chi connectivity index (χ3n) is 2.12. The SMILES string of the molecule is CC=CC(O)CC(C)CC=CC(C)C. The molecule has 1 nitrogen and oxygen atoms in total. The Morgan fingerprint density at radius 2 is 1.79 bits per heavy atom. The van der Waals surface area contributed by atoms with Crippen LogP contribution in [-0.4, -0.2) is 11.2 Å². The highest BCUT2D eigenvalue weighted by Gasteiger charge is 2.05. The van der Waals surface area contributed by atoms with Crippen molar-refractivity contribution in [2.24, 2.45) is 11.8 Å². The minimum atomic E-state index is -0.276. The van der Waals surface area contributed by atoms with Crippen LogP contribution in [0.1, 0.15) is 40.5 Å². The first kappa shape index (κ1) is 13.4. The predicted octanol–water partition coefficient (Wildman–Crippen LogP) is 3.55. The summed E-state index contributed by atoms with van der Waals surface area (Å²) in [6.45, 7) is 8.47. The van der Waals surface area contributed by atoms with E-state index in [4.69, 9.17) is 0 Å². The van der Waals surface area contributed by atoms with Crippen molar-refractivity contribution in [3.63, 3.8) is 0 Å². The summed E-state index contributed by atoms with van der Waals surface area (Å²) in [7, 11) is 0. The highest BCUT2D eigenvalue weighted by atomic mass is 16.3. The molecule has 0 aliphatic carbocycles. The monoisotopic (exact) mass is 196 g/mol. The normalized spacial score (nSPS) is 17.0. The Labute approximate surface area is 88.5 Å². The lowest BCUT2D eigenvalue weighted by Crippen LogP contribution is -2.08. The molecule has 0 rings (SSSR count). The fraction of sp³-hybridized carbons (Fsp3) is 0.692. The number of hydrogen-bond acceptors (Lipinski definition) is 1. The topological polar surface area (TPSA) is 20.2 Å². The van der Waals surface area contributed by atoms with Gasteiger partial charge in [0.25, 0.3) is 0 Å². The largest absolute Gasteiger partial charge is 0.389 e. The third kappa shape index (κ3) is 8.06. The Bertz CT molecular complexity index is 180. The lowest BCUT2D eigenvalue weighted by atomic mass is 9.99. The van der Waals surface area contributed by atoms with Crippen molar-refractivity contribution < 1.29 is 5.11 Å². The quantitative estimate of drug-likeness (QED) is 0.644. The van der Waals surface area contributed by atoms with Gasteiger partial charge >= 0.3 is 0 Å². The first-order valence-corrected chi connectivity index (χ1v) is 5.53. The summed E-state index contributed by atoms with van der Waals surface area (Å²) in [6.07, 6.45) is 9.84. The van der Waals surface area contributed by atoms with E-state index in [-0.39, 0.29) is 6.10 Å². The molecule has 82 valence electrons. The van der Waals surface area contributed by atoms with Gasteiger partial charge in [0.05, 0.1) is 6.10 Å². The maximum atomic E-state index is 9.52. The molecule has 0 saturated heterocycles. The molecule has 0 saturated carbocycles. The zero-order valence-corrected chi connectivity index (χ0v) is 9.90. The summed E-state index contributed by atoms with van der Waals surface area (Å²) in [5, 5.41) is 9.52. The van der Waals surface area contributed by atoms with Gasteiger partial charge in [-0.3, -0.25) is 0 Å². The van der Waals surface area contributed by atoms with Crippen molar-refractivity contribution in [3.05, 3.63) is 24.3 Å². The van der Waals surface area contributed by atoms with Gasteiger partial charge in [0.1, 0.15) is 0 Å².